The molecular weight excluding hydrogens is 394 g/mol. The average molecular weight is 419 g/mol. The molecule has 0 radical (unpaired) electrons. The summed E-state index contributed by atoms with van der Waals surface area (Å²) in [5.41, 5.74) is 1.22. The lowest BCUT2D eigenvalue weighted by Gasteiger charge is -2.20. The number of nitrogens with one attached hydrogen (secondary N) is 1. The number of fused-ring (bicyclic) bond motifs is 1. The largest absolute Gasteiger partial charge is 0.492 e. The summed E-state index contributed by atoms with van der Waals surface area (Å²) in [4.78, 5) is 31.7. The molecule has 2 heterocycles. The van der Waals surface area contributed by atoms with Crippen LogP contribution in [0.2, 0.25) is 0 Å². The lowest BCUT2D eigenvalue weighted by molar-refractivity contribution is -0.124. The van der Waals surface area contributed by atoms with Gasteiger partial charge in [-0.05, 0) is 37.1 Å². The fraction of sp³-hybridized carbons (Fsp3) is 0.292. The number of para-hydroxylation sites is 2. The normalized spacial score (nSPS) is 13.2. The van der Waals surface area contributed by atoms with E-state index in [2.05, 4.69) is 10.2 Å². The van der Waals surface area contributed by atoms with Gasteiger partial charge in [0.1, 0.15) is 23.7 Å². The quantitative estimate of drug-likeness (QED) is 0.446. The maximum Gasteiger partial charge on any atom is 0.342 e. The molecule has 160 valence electrons. The van der Waals surface area contributed by atoms with E-state index >= 15 is 0 Å². The summed E-state index contributed by atoms with van der Waals surface area (Å²) in [6, 6.07) is 18.8. The number of esters is 1. The zero-order chi connectivity index (χ0) is 21.5. The first-order valence-electron chi connectivity index (χ1n) is 10.5. The highest BCUT2D eigenvalue weighted by atomic mass is 16.5. The maximum absolute atomic E-state index is 12.8. The van der Waals surface area contributed by atoms with Crippen LogP contribution in [0.1, 0.15) is 23.2 Å². The summed E-state index contributed by atoms with van der Waals surface area (Å²) in [7, 11) is 0. The fourth-order valence-corrected chi connectivity index (χ4v) is 3.56. The topological polar surface area (TPSA) is 80.8 Å². The Morgan fingerprint density at radius 2 is 1.74 bits per heavy atom. The number of benzene rings is 2. The minimum Gasteiger partial charge on any atom is -0.492 e. The molecule has 1 fully saturated rings. The second-order valence-electron chi connectivity index (χ2n) is 7.33. The molecule has 7 nitrogen and oxygen atoms in total. The predicted molar refractivity (Wildman–Crippen MR) is 118 cm³/mol. The highest BCUT2D eigenvalue weighted by Crippen LogP contribution is 2.27. The van der Waals surface area contributed by atoms with Crippen molar-refractivity contribution in [1.82, 2.24) is 10.3 Å². The molecule has 1 amide bonds. The first-order valence-corrected chi connectivity index (χ1v) is 10.5. The van der Waals surface area contributed by atoms with E-state index in [0.717, 1.165) is 42.6 Å². The van der Waals surface area contributed by atoms with Crippen LogP contribution in [0.15, 0.2) is 60.7 Å². The molecule has 1 saturated heterocycles. The van der Waals surface area contributed by atoms with Crippen molar-refractivity contribution in [3.8, 4) is 5.75 Å². The standard InChI is InChI=1S/C24H25N3O4/c28-22(25-12-15-30-19-9-2-1-3-10-19)17-31-24(29)20-16-18-8-4-5-11-21(18)26-23(20)27-13-6-7-14-27/h1-5,8-11,16H,6-7,12-15,17H2,(H,25,28). The Morgan fingerprint density at radius 1 is 1.00 bits per heavy atom. The number of pyridine rings is 1. The number of nitrogens with zero attached hydrogens (tertiary/aromatic N) is 2. The van der Waals surface area contributed by atoms with Crippen molar-refractivity contribution in [2.24, 2.45) is 0 Å². The first-order chi connectivity index (χ1) is 15.2. The summed E-state index contributed by atoms with van der Waals surface area (Å²) in [6.45, 7) is 2.01. The van der Waals surface area contributed by atoms with Crippen LogP contribution >= 0.6 is 0 Å². The van der Waals surface area contributed by atoms with E-state index in [-0.39, 0.29) is 12.5 Å². The van der Waals surface area contributed by atoms with E-state index in [1.807, 2.05) is 54.6 Å². The summed E-state index contributed by atoms with van der Waals surface area (Å²) in [5.74, 6) is 0.441. The second kappa shape index (κ2) is 9.93. The number of carbonyl (C=O) groups is 2. The highest BCUT2D eigenvalue weighted by molar-refractivity contribution is 6.00. The van der Waals surface area contributed by atoms with Crippen LogP contribution in [0.3, 0.4) is 0 Å². The van der Waals surface area contributed by atoms with E-state index in [1.165, 1.54) is 0 Å². The molecule has 1 N–H and O–H groups in total. The number of hydrogen-bond acceptors (Lipinski definition) is 6. The Balaban J connectivity index is 1.34. The average Bonchev–Trinajstić information content (AvgIpc) is 3.35. The van der Waals surface area contributed by atoms with Gasteiger partial charge in [0.15, 0.2) is 6.61 Å². The van der Waals surface area contributed by atoms with Gasteiger partial charge in [-0.25, -0.2) is 9.78 Å². The Morgan fingerprint density at radius 3 is 2.55 bits per heavy atom. The van der Waals surface area contributed by atoms with E-state index in [4.69, 9.17) is 14.5 Å². The minimum atomic E-state index is -0.546. The van der Waals surface area contributed by atoms with Crippen LogP contribution in [0, 0.1) is 0 Å². The Bertz CT molecular complexity index is 1050. The van der Waals surface area contributed by atoms with Gasteiger partial charge in [-0.1, -0.05) is 36.4 Å². The van der Waals surface area contributed by atoms with Gasteiger partial charge in [0, 0.05) is 18.5 Å². The van der Waals surface area contributed by atoms with Crippen LogP contribution in [-0.4, -0.2) is 49.7 Å². The highest BCUT2D eigenvalue weighted by Gasteiger charge is 2.23. The van der Waals surface area contributed by atoms with Crippen molar-refractivity contribution in [3.05, 3.63) is 66.2 Å². The summed E-state index contributed by atoms with van der Waals surface area (Å²) < 4.78 is 10.8. The zero-order valence-corrected chi connectivity index (χ0v) is 17.3. The Hall–Kier alpha value is -3.61. The number of aromatic nitrogens is 1. The van der Waals surface area contributed by atoms with Crippen molar-refractivity contribution < 1.29 is 19.1 Å². The molecule has 1 aliphatic heterocycles. The third-order valence-corrected chi connectivity index (χ3v) is 5.10. The molecule has 1 aliphatic rings. The minimum absolute atomic E-state index is 0.321. The SMILES string of the molecule is O=C(COC(=O)c1cc2ccccc2nc1N1CCCC1)NCCOc1ccccc1. The van der Waals surface area contributed by atoms with Gasteiger partial charge in [0.05, 0.1) is 12.1 Å². The number of rotatable bonds is 8. The Kier molecular flexibility index (Phi) is 6.62. The van der Waals surface area contributed by atoms with Gasteiger partial charge >= 0.3 is 5.97 Å². The number of anilines is 1. The van der Waals surface area contributed by atoms with Gasteiger partial charge < -0.3 is 19.7 Å². The number of ether oxygens (including phenoxy) is 2. The smallest absolute Gasteiger partial charge is 0.342 e. The van der Waals surface area contributed by atoms with E-state index in [1.54, 1.807) is 6.07 Å². The molecule has 0 unspecified atom stereocenters. The van der Waals surface area contributed by atoms with Crippen LogP contribution in [0.5, 0.6) is 5.75 Å². The van der Waals surface area contributed by atoms with Gasteiger partial charge in [-0.3, -0.25) is 4.79 Å². The summed E-state index contributed by atoms with van der Waals surface area (Å²) in [5, 5.41) is 3.55. The second-order valence-corrected chi connectivity index (χ2v) is 7.33. The Labute approximate surface area is 181 Å². The van der Waals surface area contributed by atoms with Crippen molar-refractivity contribution in [1.29, 1.82) is 0 Å². The molecule has 2 aromatic carbocycles. The molecule has 31 heavy (non-hydrogen) atoms. The van der Waals surface area contributed by atoms with Crippen LogP contribution in [-0.2, 0) is 9.53 Å². The lowest BCUT2D eigenvalue weighted by Crippen LogP contribution is -2.32. The van der Waals surface area contributed by atoms with Gasteiger partial charge in [0.2, 0.25) is 0 Å². The lowest BCUT2D eigenvalue weighted by atomic mass is 10.1. The van der Waals surface area contributed by atoms with Crippen molar-refractivity contribution in [2.75, 3.05) is 37.7 Å². The summed E-state index contributed by atoms with van der Waals surface area (Å²) in [6.07, 6.45) is 2.13. The molecule has 0 atom stereocenters. The van der Waals surface area contributed by atoms with Gasteiger partial charge in [-0.15, -0.1) is 0 Å². The molecule has 7 heteroatoms. The van der Waals surface area contributed by atoms with Crippen LogP contribution < -0.4 is 15.0 Å². The molecule has 3 aromatic rings. The van der Waals surface area contributed by atoms with E-state index in [0.29, 0.717) is 24.5 Å². The molecule has 1 aromatic heterocycles. The fourth-order valence-electron chi connectivity index (χ4n) is 3.56. The number of carbonyl (C=O) groups excluding carboxylic acids is 2. The summed E-state index contributed by atoms with van der Waals surface area (Å²) >= 11 is 0. The third-order valence-electron chi connectivity index (χ3n) is 5.10. The van der Waals surface area contributed by atoms with Crippen LogP contribution in [0.4, 0.5) is 5.82 Å². The van der Waals surface area contributed by atoms with Crippen molar-refractivity contribution in [2.45, 2.75) is 12.8 Å². The maximum atomic E-state index is 12.8. The first kappa shape index (κ1) is 20.7. The van der Waals surface area contributed by atoms with Crippen molar-refractivity contribution >= 4 is 28.6 Å². The number of amides is 1. The van der Waals surface area contributed by atoms with E-state index in [9.17, 15) is 9.59 Å². The molecule has 0 spiro atoms. The monoisotopic (exact) mass is 419 g/mol. The third kappa shape index (κ3) is 5.31. The number of hydrogen-bond donors (Lipinski definition) is 1. The van der Waals surface area contributed by atoms with E-state index < -0.39 is 5.97 Å². The predicted octanol–water partition coefficient (Wildman–Crippen LogP) is 3.19. The zero-order valence-electron chi connectivity index (χ0n) is 17.3. The molecule has 0 saturated carbocycles. The van der Waals surface area contributed by atoms with Crippen LogP contribution in [0.25, 0.3) is 10.9 Å². The van der Waals surface area contributed by atoms with Crippen molar-refractivity contribution in [3.63, 3.8) is 0 Å². The molecule has 4 rings (SSSR count). The molecule has 0 bridgehead atoms. The van der Waals surface area contributed by atoms with Gasteiger partial charge in [0.25, 0.3) is 5.91 Å². The molecule has 0 aliphatic carbocycles. The molecular formula is C24H25N3O4. The van der Waals surface area contributed by atoms with Gasteiger partial charge in [-0.2, -0.15) is 0 Å².